The van der Waals surface area contributed by atoms with Gasteiger partial charge in [-0.2, -0.15) is 5.10 Å². The number of ether oxygens (including phenoxy) is 1. The number of methoxy groups -OCH3 is 1. The number of nitrogens with two attached hydrogens (primary N) is 1. The zero-order valence-corrected chi connectivity index (χ0v) is 13.8. The number of halogens is 1. The molecule has 0 amide bonds. The van der Waals surface area contributed by atoms with Gasteiger partial charge >= 0.3 is 0 Å². The molecule has 4 nitrogen and oxygen atoms in total. The second-order valence-electron chi connectivity index (χ2n) is 5.30. The zero-order valence-electron chi connectivity index (χ0n) is 13.1. The smallest absolute Gasteiger partial charge is 0.118 e. The molecule has 118 valence electrons. The zero-order chi connectivity index (χ0) is 16.4. The van der Waals surface area contributed by atoms with E-state index in [1.165, 1.54) is 0 Å². The topological polar surface area (TPSA) is 53.1 Å². The average molecular weight is 328 g/mol. The fourth-order valence-electron chi connectivity index (χ4n) is 2.49. The van der Waals surface area contributed by atoms with E-state index >= 15 is 0 Å². The molecule has 0 aliphatic carbocycles. The van der Waals surface area contributed by atoms with Crippen molar-refractivity contribution in [2.24, 2.45) is 5.73 Å². The summed E-state index contributed by atoms with van der Waals surface area (Å²) in [5, 5.41) is 5.30. The summed E-state index contributed by atoms with van der Waals surface area (Å²) in [6, 6.07) is 15.7. The van der Waals surface area contributed by atoms with Crippen molar-refractivity contribution in [1.82, 2.24) is 9.78 Å². The Balaban J connectivity index is 2.16. The third-order valence-electron chi connectivity index (χ3n) is 3.75. The first-order chi connectivity index (χ1) is 11.1. The molecular formula is C18H18ClN3O. The minimum absolute atomic E-state index is 0.385. The third kappa shape index (κ3) is 3.09. The lowest BCUT2D eigenvalue weighted by atomic mass is 10.1. The molecule has 1 aromatic heterocycles. The van der Waals surface area contributed by atoms with Gasteiger partial charge in [-0.15, -0.1) is 0 Å². The van der Waals surface area contributed by atoms with Gasteiger partial charge in [-0.05, 0) is 55.0 Å². The monoisotopic (exact) mass is 327 g/mol. The Morgan fingerprint density at radius 1 is 1.13 bits per heavy atom. The van der Waals surface area contributed by atoms with E-state index in [1.54, 1.807) is 7.11 Å². The Labute approximate surface area is 140 Å². The highest BCUT2D eigenvalue weighted by Gasteiger charge is 2.13. The van der Waals surface area contributed by atoms with Crippen molar-refractivity contribution in [2.45, 2.75) is 13.5 Å². The van der Waals surface area contributed by atoms with Gasteiger partial charge in [0.2, 0.25) is 0 Å². The molecule has 0 spiro atoms. The van der Waals surface area contributed by atoms with Crippen molar-refractivity contribution >= 4 is 11.6 Å². The maximum atomic E-state index is 6.16. The quantitative estimate of drug-likeness (QED) is 0.789. The second-order valence-corrected chi connectivity index (χ2v) is 5.73. The fraction of sp³-hybridized carbons (Fsp3) is 0.167. The predicted molar refractivity (Wildman–Crippen MR) is 93.2 cm³/mol. The summed E-state index contributed by atoms with van der Waals surface area (Å²) in [6.07, 6.45) is 0. The first-order valence-electron chi connectivity index (χ1n) is 7.32. The molecule has 2 aromatic carbocycles. The highest BCUT2D eigenvalue weighted by atomic mass is 35.5. The lowest BCUT2D eigenvalue weighted by molar-refractivity contribution is 0.415. The van der Waals surface area contributed by atoms with E-state index in [0.717, 1.165) is 34.0 Å². The van der Waals surface area contributed by atoms with Gasteiger partial charge in [-0.1, -0.05) is 17.7 Å². The number of nitrogens with zero attached hydrogens (tertiary/aromatic N) is 2. The summed E-state index contributed by atoms with van der Waals surface area (Å²) in [6.45, 7) is 2.42. The van der Waals surface area contributed by atoms with Gasteiger partial charge in [0.25, 0.3) is 0 Å². The molecular weight excluding hydrogens is 310 g/mol. The van der Waals surface area contributed by atoms with Gasteiger partial charge in [0.05, 0.1) is 24.2 Å². The van der Waals surface area contributed by atoms with Crippen LogP contribution in [0.2, 0.25) is 5.02 Å². The number of aryl methyl sites for hydroxylation is 1. The summed E-state index contributed by atoms with van der Waals surface area (Å²) in [5.74, 6) is 0.817. The standard InChI is InChI=1S/C18H18ClN3O/c1-12-3-6-14(19)9-17(12)22-18(10-15(11-20)21-22)13-4-7-16(23-2)8-5-13/h3-10H,11,20H2,1-2H3. The molecule has 0 aliphatic heterocycles. The Morgan fingerprint density at radius 3 is 2.52 bits per heavy atom. The van der Waals surface area contributed by atoms with Crippen LogP contribution in [-0.4, -0.2) is 16.9 Å². The number of benzene rings is 2. The maximum absolute atomic E-state index is 6.16. The molecule has 0 saturated carbocycles. The normalized spacial score (nSPS) is 10.8. The fourth-order valence-corrected chi connectivity index (χ4v) is 2.66. The Morgan fingerprint density at radius 2 is 1.87 bits per heavy atom. The first kappa shape index (κ1) is 15.6. The van der Waals surface area contributed by atoms with Gasteiger partial charge in [-0.25, -0.2) is 4.68 Å². The van der Waals surface area contributed by atoms with Crippen molar-refractivity contribution in [3.63, 3.8) is 0 Å². The van der Waals surface area contributed by atoms with E-state index < -0.39 is 0 Å². The lowest BCUT2D eigenvalue weighted by Gasteiger charge is -2.11. The molecule has 3 aromatic rings. The highest BCUT2D eigenvalue weighted by molar-refractivity contribution is 6.30. The van der Waals surface area contributed by atoms with Crippen molar-refractivity contribution in [2.75, 3.05) is 7.11 Å². The van der Waals surface area contributed by atoms with Crippen LogP contribution in [0.15, 0.2) is 48.5 Å². The van der Waals surface area contributed by atoms with Crippen molar-refractivity contribution < 1.29 is 4.74 Å². The lowest BCUT2D eigenvalue weighted by Crippen LogP contribution is -2.03. The van der Waals surface area contributed by atoms with Gasteiger partial charge < -0.3 is 10.5 Å². The summed E-state index contributed by atoms with van der Waals surface area (Å²) in [7, 11) is 1.65. The van der Waals surface area contributed by atoms with E-state index in [4.69, 9.17) is 22.1 Å². The molecule has 2 N–H and O–H groups in total. The third-order valence-corrected chi connectivity index (χ3v) is 3.99. The maximum Gasteiger partial charge on any atom is 0.118 e. The van der Waals surface area contributed by atoms with Crippen LogP contribution in [0.25, 0.3) is 16.9 Å². The van der Waals surface area contributed by atoms with Crippen LogP contribution in [0, 0.1) is 6.92 Å². The van der Waals surface area contributed by atoms with E-state index in [9.17, 15) is 0 Å². The van der Waals surface area contributed by atoms with E-state index in [-0.39, 0.29) is 0 Å². The van der Waals surface area contributed by atoms with Crippen LogP contribution in [0.3, 0.4) is 0 Å². The number of hydrogen-bond acceptors (Lipinski definition) is 3. The van der Waals surface area contributed by atoms with Crippen LogP contribution in [0.1, 0.15) is 11.3 Å². The Kier molecular flexibility index (Phi) is 4.37. The van der Waals surface area contributed by atoms with E-state index in [0.29, 0.717) is 11.6 Å². The van der Waals surface area contributed by atoms with E-state index in [1.807, 2.05) is 60.1 Å². The Hall–Kier alpha value is -2.30. The SMILES string of the molecule is COc1ccc(-c2cc(CN)nn2-c2cc(Cl)ccc2C)cc1. The van der Waals surface area contributed by atoms with Gasteiger partial charge in [0.1, 0.15) is 5.75 Å². The summed E-state index contributed by atoms with van der Waals surface area (Å²) < 4.78 is 7.12. The minimum atomic E-state index is 0.385. The predicted octanol–water partition coefficient (Wildman–Crippen LogP) is 3.97. The van der Waals surface area contributed by atoms with Gasteiger partial charge in [0, 0.05) is 17.1 Å². The largest absolute Gasteiger partial charge is 0.497 e. The van der Waals surface area contributed by atoms with Crippen LogP contribution in [0.5, 0.6) is 5.75 Å². The average Bonchev–Trinajstić information content (AvgIpc) is 3.01. The van der Waals surface area contributed by atoms with Crippen molar-refractivity contribution in [1.29, 1.82) is 0 Å². The molecule has 0 radical (unpaired) electrons. The number of aromatic nitrogens is 2. The van der Waals surface area contributed by atoms with Crippen LogP contribution >= 0.6 is 11.6 Å². The minimum Gasteiger partial charge on any atom is -0.497 e. The van der Waals surface area contributed by atoms with Gasteiger partial charge in [-0.3, -0.25) is 0 Å². The summed E-state index contributed by atoms with van der Waals surface area (Å²) in [5.41, 5.74) is 10.7. The molecule has 0 aliphatic rings. The van der Waals surface area contributed by atoms with Crippen molar-refractivity contribution in [3.8, 4) is 22.7 Å². The number of hydrogen-bond donors (Lipinski definition) is 1. The van der Waals surface area contributed by atoms with Crippen LogP contribution in [0.4, 0.5) is 0 Å². The first-order valence-corrected chi connectivity index (χ1v) is 7.70. The molecule has 0 fully saturated rings. The number of rotatable bonds is 4. The molecule has 23 heavy (non-hydrogen) atoms. The molecule has 5 heteroatoms. The molecule has 1 heterocycles. The van der Waals surface area contributed by atoms with Crippen LogP contribution in [-0.2, 0) is 6.54 Å². The summed E-state index contributed by atoms with van der Waals surface area (Å²) in [4.78, 5) is 0. The molecule has 0 bridgehead atoms. The molecule has 0 atom stereocenters. The van der Waals surface area contributed by atoms with Crippen molar-refractivity contribution in [3.05, 3.63) is 64.8 Å². The Bertz CT molecular complexity index is 825. The second kappa shape index (κ2) is 6.44. The molecule has 0 saturated heterocycles. The van der Waals surface area contributed by atoms with Crippen LogP contribution < -0.4 is 10.5 Å². The molecule has 0 unspecified atom stereocenters. The molecule has 3 rings (SSSR count). The van der Waals surface area contributed by atoms with E-state index in [2.05, 4.69) is 5.10 Å². The summed E-state index contributed by atoms with van der Waals surface area (Å²) >= 11 is 6.16. The highest BCUT2D eigenvalue weighted by Crippen LogP contribution is 2.28. The van der Waals surface area contributed by atoms with Gasteiger partial charge in [0.15, 0.2) is 0 Å².